The van der Waals surface area contributed by atoms with Crippen molar-refractivity contribution in [1.82, 2.24) is 15.2 Å². The molecule has 1 aromatic carbocycles. The van der Waals surface area contributed by atoms with E-state index in [4.69, 9.17) is 14.3 Å². The van der Waals surface area contributed by atoms with Crippen LogP contribution in [-0.4, -0.2) is 46.1 Å². The van der Waals surface area contributed by atoms with Crippen molar-refractivity contribution in [2.24, 2.45) is 0 Å². The first-order chi connectivity index (χ1) is 13.6. The molecule has 0 spiro atoms. The summed E-state index contributed by atoms with van der Waals surface area (Å²) in [6.45, 7) is 1.24. The lowest BCUT2D eigenvalue weighted by Gasteiger charge is -2.30. The highest BCUT2D eigenvalue weighted by atomic mass is 16.5. The van der Waals surface area contributed by atoms with Gasteiger partial charge in [0.15, 0.2) is 0 Å². The number of benzene rings is 1. The molecular weight excluding hydrogens is 362 g/mol. The molecule has 0 bridgehead atoms. The van der Waals surface area contributed by atoms with Crippen LogP contribution in [-0.2, 0) is 6.61 Å². The molecule has 0 saturated carbocycles. The number of H-pyrrole nitrogens is 1. The summed E-state index contributed by atoms with van der Waals surface area (Å²) in [5.41, 5.74) is 2.20. The van der Waals surface area contributed by atoms with Crippen LogP contribution in [0, 0.1) is 0 Å². The number of piperidine rings is 1. The number of ether oxygens (including phenoxy) is 1. The lowest BCUT2D eigenvalue weighted by Crippen LogP contribution is -2.46. The Labute approximate surface area is 161 Å². The molecule has 4 rings (SSSR count). The fourth-order valence-electron chi connectivity index (χ4n) is 3.39. The molecule has 8 heteroatoms. The molecule has 8 nitrogen and oxygen atoms in total. The Morgan fingerprint density at radius 1 is 1.29 bits per heavy atom. The maximum atomic E-state index is 12.6. The van der Waals surface area contributed by atoms with Crippen LogP contribution in [0.5, 0.6) is 5.75 Å². The number of hydrogen-bond acceptors (Lipinski definition) is 4. The van der Waals surface area contributed by atoms with Crippen molar-refractivity contribution in [3.05, 3.63) is 54.1 Å². The highest BCUT2D eigenvalue weighted by molar-refractivity contribution is 5.99. The molecule has 1 aliphatic rings. The van der Waals surface area contributed by atoms with Crippen LogP contribution >= 0.6 is 0 Å². The number of carbonyl (C=O) groups excluding carboxylic acids is 1. The number of rotatable bonds is 5. The fraction of sp³-hybridized carbons (Fsp3) is 0.300. The number of amides is 2. The van der Waals surface area contributed by atoms with Gasteiger partial charge in [0.2, 0.25) is 0 Å². The average Bonchev–Trinajstić information content (AvgIpc) is 3.36. The fourth-order valence-corrected chi connectivity index (χ4v) is 3.39. The smallest absolute Gasteiger partial charge is 0.407 e. The molecule has 0 aliphatic carbocycles. The second-order valence-electron chi connectivity index (χ2n) is 6.84. The van der Waals surface area contributed by atoms with Gasteiger partial charge in [-0.1, -0.05) is 6.07 Å². The number of carbonyl (C=O) groups is 2. The Kier molecular flexibility index (Phi) is 4.92. The maximum Gasteiger partial charge on any atom is 0.407 e. The minimum absolute atomic E-state index is 0.0358. The molecule has 0 unspecified atom stereocenters. The monoisotopic (exact) mass is 383 g/mol. The molecule has 146 valence electrons. The number of likely N-dealkylation sites (tertiary alicyclic amines) is 1. The van der Waals surface area contributed by atoms with Gasteiger partial charge in [-0.3, -0.25) is 4.79 Å². The van der Waals surface area contributed by atoms with E-state index in [2.05, 4.69) is 10.3 Å². The summed E-state index contributed by atoms with van der Waals surface area (Å²) in [5, 5.41) is 12.8. The summed E-state index contributed by atoms with van der Waals surface area (Å²) in [6.07, 6.45) is 3.53. The number of fused-ring (bicyclic) bond motifs is 1. The third kappa shape index (κ3) is 3.80. The Hall–Kier alpha value is -3.42. The van der Waals surface area contributed by atoms with Crippen molar-refractivity contribution in [3.8, 4) is 5.75 Å². The number of hydrogen-bond donors (Lipinski definition) is 3. The molecular formula is C20H21N3O5. The van der Waals surface area contributed by atoms with Gasteiger partial charge in [-0.25, -0.2) is 4.79 Å². The zero-order valence-electron chi connectivity index (χ0n) is 15.2. The third-order valence-corrected chi connectivity index (χ3v) is 4.94. The van der Waals surface area contributed by atoms with E-state index in [9.17, 15) is 9.59 Å². The van der Waals surface area contributed by atoms with Gasteiger partial charge in [0.1, 0.15) is 18.1 Å². The van der Waals surface area contributed by atoms with Crippen LogP contribution in [0.15, 0.2) is 47.3 Å². The number of nitrogens with zero attached hydrogens (tertiary/aromatic N) is 1. The average molecular weight is 383 g/mol. The van der Waals surface area contributed by atoms with Crippen LogP contribution in [0.25, 0.3) is 10.9 Å². The van der Waals surface area contributed by atoms with Crippen LogP contribution in [0.1, 0.15) is 28.9 Å². The Morgan fingerprint density at radius 2 is 2.11 bits per heavy atom. The standard InChI is InChI=1S/C20H21N3O5/c24-19(21-14-4-7-23(8-5-14)20(25)26)17-10-15-16(22-17)2-1-3-18(15)28-12-13-6-9-27-11-13/h1-3,6,9-11,14,22H,4-5,7-8,12H2,(H,21,24)(H,25,26). The normalized spacial score (nSPS) is 14.9. The minimum atomic E-state index is -0.914. The lowest BCUT2D eigenvalue weighted by atomic mass is 10.1. The lowest BCUT2D eigenvalue weighted by molar-refractivity contribution is 0.0903. The SMILES string of the molecule is O=C(NC1CCN(C(=O)O)CC1)c1cc2c(OCc3ccoc3)cccc2[nH]1. The first kappa shape index (κ1) is 18.0. The Morgan fingerprint density at radius 3 is 2.82 bits per heavy atom. The zero-order valence-corrected chi connectivity index (χ0v) is 15.2. The van der Waals surface area contributed by atoms with Gasteiger partial charge in [0.25, 0.3) is 5.91 Å². The molecule has 1 fully saturated rings. The number of aromatic amines is 1. The van der Waals surface area contributed by atoms with Crippen molar-refractivity contribution in [2.75, 3.05) is 13.1 Å². The van der Waals surface area contributed by atoms with E-state index in [0.717, 1.165) is 16.5 Å². The summed E-state index contributed by atoms with van der Waals surface area (Å²) in [6, 6.07) is 9.20. The largest absolute Gasteiger partial charge is 0.488 e. The Bertz CT molecular complexity index is 971. The summed E-state index contributed by atoms with van der Waals surface area (Å²) in [4.78, 5) is 28.1. The minimum Gasteiger partial charge on any atom is -0.488 e. The van der Waals surface area contributed by atoms with Crippen LogP contribution in [0.2, 0.25) is 0 Å². The predicted octanol–water partition coefficient (Wildman–Crippen LogP) is 3.21. The molecule has 0 atom stereocenters. The first-order valence-electron chi connectivity index (χ1n) is 9.14. The topological polar surface area (TPSA) is 108 Å². The highest BCUT2D eigenvalue weighted by Gasteiger charge is 2.24. The van der Waals surface area contributed by atoms with E-state index in [-0.39, 0.29) is 11.9 Å². The summed E-state index contributed by atoms with van der Waals surface area (Å²) in [7, 11) is 0. The van der Waals surface area contributed by atoms with E-state index < -0.39 is 6.09 Å². The molecule has 28 heavy (non-hydrogen) atoms. The maximum absolute atomic E-state index is 12.6. The van der Waals surface area contributed by atoms with Crippen LogP contribution < -0.4 is 10.1 Å². The van der Waals surface area contributed by atoms with E-state index in [1.807, 2.05) is 24.3 Å². The van der Waals surface area contributed by atoms with Crippen molar-refractivity contribution in [2.45, 2.75) is 25.5 Å². The summed E-state index contributed by atoms with van der Waals surface area (Å²) in [5.74, 6) is 0.481. The third-order valence-electron chi connectivity index (χ3n) is 4.94. The molecule has 3 aromatic rings. The van der Waals surface area contributed by atoms with Gasteiger partial charge in [-0.2, -0.15) is 0 Å². The molecule has 2 aromatic heterocycles. The zero-order chi connectivity index (χ0) is 19.5. The van der Waals surface area contributed by atoms with Gasteiger partial charge in [-0.05, 0) is 37.1 Å². The van der Waals surface area contributed by atoms with Gasteiger partial charge in [-0.15, -0.1) is 0 Å². The number of furan rings is 1. The molecule has 1 aliphatic heterocycles. The van der Waals surface area contributed by atoms with Gasteiger partial charge in [0, 0.05) is 35.6 Å². The number of nitrogens with one attached hydrogen (secondary N) is 2. The van der Waals surface area contributed by atoms with Crippen molar-refractivity contribution >= 4 is 22.9 Å². The number of carboxylic acid groups (broad SMARTS) is 1. The van der Waals surface area contributed by atoms with Crippen molar-refractivity contribution < 1.29 is 23.8 Å². The highest BCUT2D eigenvalue weighted by Crippen LogP contribution is 2.27. The van der Waals surface area contributed by atoms with Gasteiger partial charge in [0.05, 0.1) is 12.5 Å². The van der Waals surface area contributed by atoms with Crippen LogP contribution in [0.4, 0.5) is 4.79 Å². The second-order valence-corrected chi connectivity index (χ2v) is 6.84. The van der Waals surface area contributed by atoms with E-state index in [1.165, 1.54) is 4.90 Å². The van der Waals surface area contributed by atoms with E-state index in [1.54, 1.807) is 18.6 Å². The molecule has 3 N–H and O–H groups in total. The molecule has 0 radical (unpaired) electrons. The van der Waals surface area contributed by atoms with Crippen molar-refractivity contribution in [1.29, 1.82) is 0 Å². The molecule has 3 heterocycles. The Balaban J connectivity index is 1.43. The van der Waals surface area contributed by atoms with Gasteiger partial charge >= 0.3 is 6.09 Å². The van der Waals surface area contributed by atoms with Crippen LogP contribution in [0.3, 0.4) is 0 Å². The quantitative estimate of drug-likeness (QED) is 0.627. The van der Waals surface area contributed by atoms with E-state index in [0.29, 0.717) is 44.0 Å². The van der Waals surface area contributed by atoms with Crippen molar-refractivity contribution in [3.63, 3.8) is 0 Å². The molecule has 2 amide bonds. The number of aromatic nitrogens is 1. The van der Waals surface area contributed by atoms with E-state index >= 15 is 0 Å². The molecule has 1 saturated heterocycles. The van der Waals surface area contributed by atoms with Gasteiger partial charge < -0.3 is 29.5 Å². The summed E-state index contributed by atoms with van der Waals surface area (Å²) < 4.78 is 10.9. The first-order valence-corrected chi connectivity index (χ1v) is 9.14. The predicted molar refractivity (Wildman–Crippen MR) is 101 cm³/mol. The summed E-state index contributed by atoms with van der Waals surface area (Å²) >= 11 is 0. The second kappa shape index (κ2) is 7.67.